The lowest BCUT2D eigenvalue weighted by atomic mass is 10.1. The van der Waals surface area contributed by atoms with Gasteiger partial charge in [-0.2, -0.15) is 16.1 Å². The van der Waals surface area contributed by atoms with Crippen LogP contribution < -0.4 is 5.73 Å². The van der Waals surface area contributed by atoms with Crippen LogP contribution in [0, 0.1) is 13.8 Å². The molecule has 0 radical (unpaired) electrons. The highest BCUT2D eigenvalue weighted by Gasteiger charge is 2.36. The Kier molecular flexibility index (Phi) is 4.37. The van der Waals surface area contributed by atoms with Crippen molar-refractivity contribution in [2.45, 2.75) is 43.9 Å². The van der Waals surface area contributed by atoms with Crippen molar-refractivity contribution in [2.24, 2.45) is 0 Å². The van der Waals surface area contributed by atoms with Gasteiger partial charge in [0.25, 0.3) is 0 Å². The van der Waals surface area contributed by atoms with E-state index in [0.29, 0.717) is 22.4 Å². The molecule has 0 spiro atoms. The summed E-state index contributed by atoms with van der Waals surface area (Å²) >= 11 is 1.83. The van der Waals surface area contributed by atoms with E-state index in [0.717, 1.165) is 16.9 Å². The van der Waals surface area contributed by atoms with Crippen molar-refractivity contribution >= 4 is 27.5 Å². The van der Waals surface area contributed by atoms with Gasteiger partial charge < -0.3 is 5.73 Å². The van der Waals surface area contributed by atoms with Crippen LogP contribution in [-0.2, 0) is 10.0 Å². The Morgan fingerprint density at radius 3 is 2.35 bits per heavy atom. The molecule has 0 saturated carbocycles. The summed E-state index contributed by atoms with van der Waals surface area (Å²) in [5.74, 6) is 0.845. The fourth-order valence-corrected chi connectivity index (χ4v) is 6.16. The molecule has 0 amide bonds. The number of sulfonamides is 1. The highest BCUT2D eigenvalue weighted by atomic mass is 32.2. The summed E-state index contributed by atoms with van der Waals surface area (Å²) in [5, 5.41) is 0.313. The average molecular weight is 314 g/mol. The third-order valence-corrected chi connectivity index (χ3v) is 7.51. The molecule has 2 unspecified atom stereocenters. The van der Waals surface area contributed by atoms with Crippen LogP contribution in [-0.4, -0.2) is 36.3 Å². The molecule has 1 aliphatic rings. The van der Waals surface area contributed by atoms with E-state index in [2.05, 4.69) is 6.92 Å². The first-order valence-corrected chi connectivity index (χ1v) is 9.24. The first-order chi connectivity index (χ1) is 9.25. The van der Waals surface area contributed by atoms with Gasteiger partial charge in [-0.3, -0.25) is 0 Å². The van der Waals surface area contributed by atoms with Crippen molar-refractivity contribution in [3.63, 3.8) is 0 Å². The minimum atomic E-state index is -3.46. The van der Waals surface area contributed by atoms with E-state index >= 15 is 0 Å². The number of nitrogen functional groups attached to an aromatic ring is 1. The molecule has 1 aromatic rings. The fourth-order valence-electron chi connectivity index (χ4n) is 2.75. The highest BCUT2D eigenvalue weighted by molar-refractivity contribution is 8.00. The summed E-state index contributed by atoms with van der Waals surface area (Å²) in [6.07, 6.45) is 0. The lowest BCUT2D eigenvalue weighted by Crippen LogP contribution is -2.48. The normalized spacial score (nSPS) is 24.8. The lowest BCUT2D eigenvalue weighted by Gasteiger charge is -2.37. The monoisotopic (exact) mass is 314 g/mol. The van der Waals surface area contributed by atoms with Gasteiger partial charge in [-0.05, 0) is 44.0 Å². The van der Waals surface area contributed by atoms with Gasteiger partial charge >= 0.3 is 0 Å². The molecule has 6 heteroatoms. The van der Waals surface area contributed by atoms with Crippen molar-refractivity contribution in [3.8, 4) is 0 Å². The average Bonchev–Trinajstić information content (AvgIpc) is 2.30. The van der Waals surface area contributed by atoms with Crippen molar-refractivity contribution in [1.29, 1.82) is 0 Å². The first-order valence-electron chi connectivity index (χ1n) is 6.75. The summed E-state index contributed by atoms with van der Waals surface area (Å²) in [6.45, 7) is 8.25. The smallest absolute Gasteiger partial charge is 0.243 e. The molecule has 0 bridgehead atoms. The number of rotatable bonds is 2. The van der Waals surface area contributed by atoms with Crippen molar-refractivity contribution in [1.82, 2.24) is 4.31 Å². The second kappa shape index (κ2) is 5.58. The summed E-state index contributed by atoms with van der Waals surface area (Å²) in [7, 11) is -3.46. The van der Waals surface area contributed by atoms with Gasteiger partial charge in [0.15, 0.2) is 0 Å². The van der Waals surface area contributed by atoms with Crippen LogP contribution >= 0.6 is 11.8 Å². The Morgan fingerprint density at radius 1 is 1.25 bits per heavy atom. The quantitative estimate of drug-likeness (QED) is 0.852. The second-order valence-electron chi connectivity index (χ2n) is 5.42. The molecule has 20 heavy (non-hydrogen) atoms. The van der Waals surface area contributed by atoms with Gasteiger partial charge in [0.05, 0.1) is 4.90 Å². The first kappa shape index (κ1) is 15.7. The standard InChI is InChI=1S/C14H22N2O2S2/c1-9-7-13(15)8-10(2)14(9)20(17,18)16-5-6-19-12(4)11(16)3/h7-8,11-12H,5-6,15H2,1-4H3. The number of nitrogens with zero attached hydrogens (tertiary/aromatic N) is 1. The minimum absolute atomic E-state index is 0.00935. The number of nitrogens with two attached hydrogens (primary N) is 1. The van der Waals surface area contributed by atoms with Gasteiger partial charge in [0.2, 0.25) is 10.0 Å². The maximum Gasteiger partial charge on any atom is 0.243 e. The Bertz CT molecular complexity index is 591. The maximum atomic E-state index is 13.0. The fraction of sp³-hybridized carbons (Fsp3) is 0.571. The SMILES string of the molecule is Cc1cc(N)cc(C)c1S(=O)(=O)N1CCSC(C)C1C. The number of hydrogen-bond acceptors (Lipinski definition) is 4. The zero-order valence-corrected chi connectivity index (χ0v) is 14.0. The van der Waals surface area contributed by atoms with E-state index in [9.17, 15) is 8.42 Å². The van der Waals surface area contributed by atoms with Crippen molar-refractivity contribution in [3.05, 3.63) is 23.3 Å². The van der Waals surface area contributed by atoms with Gasteiger partial charge in [0, 0.05) is 29.3 Å². The van der Waals surface area contributed by atoms with E-state index in [-0.39, 0.29) is 6.04 Å². The lowest BCUT2D eigenvalue weighted by molar-refractivity contribution is 0.340. The van der Waals surface area contributed by atoms with Gasteiger partial charge in [-0.15, -0.1) is 0 Å². The second-order valence-corrected chi connectivity index (χ2v) is 8.73. The van der Waals surface area contributed by atoms with Crippen LogP contribution in [0.4, 0.5) is 5.69 Å². The van der Waals surface area contributed by atoms with Crippen LogP contribution in [0.5, 0.6) is 0 Å². The van der Waals surface area contributed by atoms with Gasteiger partial charge in [0.1, 0.15) is 0 Å². The van der Waals surface area contributed by atoms with E-state index in [1.54, 1.807) is 16.4 Å². The van der Waals surface area contributed by atoms with Crippen LogP contribution in [0.3, 0.4) is 0 Å². The van der Waals surface area contributed by atoms with Crippen molar-refractivity contribution < 1.29 is 8.42 Å². The molecule has 2 N–H and O–H groups in total. The summed E-state index contributed by atoms with van der Waals surface area (Å²) in [5.41, 5.74) is 7.84. The molecule has 112 valence electrons. The predicted molar refractivity (Wildman–Crippen MR) is 85.6 cm³/mol. The topological polar surface area (TPSA) is 63.4 Å². The molecular formula is C14H22N2O2S2. The van der Waals surface area contributed by atoms with E-state index in [1.807, 2.05) is 32.5 Å². The van der Waals surface area contributed by atoms with Crippen LogP contribution in [0.2, 0.25) is 0 Å². The molecule has 1 fully saturated rings. The number of thioether (sulfide) groups is 1. The summed E-state index contributed by atoms with van der Waals surface area (Å²) in [6, 6.07) is 3.47. The van der Waals surface area contributed by atoms with Crippen LogP contribution in [0.15, 0.2) is 17.0 Å². The Labute approximate surface area is 125 Å². The van der Waals surface area contributed by atoms with Crippen LogP contribution in [0.1, 0.15) is 25.0 Å². The van der Waals surface area contributed by atoms with Gasteiger partial charge in [-0.25, -0.2) is 8.42 Å². The molecule has 2 rings (SSSR count). The maximum absolute atomic E-state index is 13.0. The van der Waals surface area contributed by atoms with Gasteiger partial charge in [-0.1, -0.05) is 6.92 Å². The summed E-state index contributed by atoms with van der Waals surface area (Å²) < 4.78 is 27.6. The Hall–Kier alpha value is -0.720. The number of anilines is 1. The number of benzene rings is 1. The Balaban J connectivity index is 2.50. The largest absolute Gasteiger partial charge is 0.399 e. The third kappa shape index (κ3) is 2.69. The van der Waals surface area contributed by atoms with Crippen LogP contribution in [0.25, 0.3) is 0 Å². The van der Waals surface area contributed by atoms with E-state index in [4.69, 9.17) is 5.73 Å². The zero-order valence-electron chi connectivity index (χ0n) is 12.4. The molecule has 0 aliphatic carbocycles. The summed E-state index contributed by atoms with van der Waals surface area (Å²) in [4.78, 5) is 0.414. The predicted octanol–water partition coefficient (Wildman–Crippen LogP) is 2.40. The molecule has 1 aromatic carbocycles. The Morgan fingerprint density at radius 2 is 1.80 bits per heavy atom. The van der Waals surface area contributed by atoms with Crippen molar-refractivity contribution in [2.75, 3.05) is 18.0 Å². The number of hydrogen-bond donors (Lipinski definition) is 1. The third-order valence-electron chi connectivity index (χ3n) is 3.88. The molecular weight excluding hydrogens is 292 g/mol. The van der Waals surface area contributed by atoms with E-state index in [1.165, 1.54) is 0 Å². The minimum Gasteiger partial charge on any atom is -0.399 e. The highest BCUT2D eigenvalue weighted by Crippen LogP contribution is 2.32. The zero-order chi connectivity index (χ0) is 15.1. The molecule has 1 heterocycles. The number of aryl methyl sites for hydroxylation is 2. The molecule has 2 atom stereocenters. The molecule has 1 aliphatic heterocycles. The molecule has 4 nitrogen and oxygen atoms in total. The van der Waals surface area contributed by atoms with E-state index < -0.39 is 10.0 Å². The molecule has 1 saturated heterocycles. The molecule has 0 aromatic heterocycles.